The Morgan fingerprint density at radius 3 is 2.86 bits per heavy atom. The molecule has 2 heterocycles. The molecule has 0 atom stereocenters. The molecule has 0 fully saturated rings. The van der Waals surface area contributed by atoms with Gasteiger partial charge >= 0.3 is 0 Å². The van der Waals surface area contributed by atoms with E-state index in [2.05, 4.69) is 37.9 Å². The average molecular weight is 303 g/mol. The number of pyridine rings is 1. The topological polar surface area (TPSA) is 62.2 Å². The number of rotatable bonds is 6. The normalized spacial score (nSPS) is 11.4. The summed E-state index contributed by atoms with van der Waals surface area (Å²) in [7, 11) is 1.77. The summed E-state index contributed by atoms with van der Waals surface area (Å²) in [5.41, 5.74) is 2.14. The van der Waals surface area contributed by atoms with Crippen LogP contribution < -0.4 is 10.6 Å². The molecule has 0 saturated heterocycles. The number of hydrogen-bond donors (Lipinski definition) is 2. The fraction of sp³-hybridized carbons (Fsp3) is 0.400. The van der Waals surface area contributed by atoms with Crippen molar-refractivity contribution in [1.82, 2.24) is 20.6 Å². The van der Waals surface area contributed by atoms with E-state index in [1.807, 2.05) is 24.4 Å². The minimum Gasteiger partial charge on any atom is -0.356 e. The molecule has 0 unspecified atom stereocenters. The van der Waals surface area contributed by atoms with Gasteiger partial charge in [-0.1, -0.05) is 13.0 Å². The first kappa shape index (κ1) is 15.4. The predicted octanol–water partition coefficient (Wildman–Crippen LogP) is 2.01. The standard InChI is InChI=1S/C15H21N5S/c1-3-14-20-13(11-21-14)10-19-15(16-2)18-9-7-12-6-4-5-8-17-12/h4-6,8,11H,3,7,9-10H2,1-2H3,(H2,16,18,19). The molecule has 2 aromatic heterocycles. The van der Waals surface area contributed by atoms with E-state index < -0.39 is 0 Å². The maximum Gasteiger partial charge on any atom is 0.191 e. The first-order chi connectivity index (χ1) is 10.3. The monoisotopic (exact) mass is 303 g/mol. The maximum atomic E-state index is 4.53. The summed E-state index contributed by atoms with van der Waals surface area (Å²) in [5, 5.41) is 9.82. The van der Waals surface area contributed by atoms with Crippen molar-refractivity contribution in [3.05, 3.63) is 46.2 Å². The Morgan fingerprint density at radius 2 is 2.19 bits per heavy atom. The molecule has 0 amide bonds. The van der Waals surface area contributed by atoms with E-state index >= 15 is 0 Å². The van der Waals surface area contributed by atoms with E-state index in [1.165, 1.54) is 5.01 Å². The molecule has 2 N–H and O–H groups in total. The Balaban J connectivity index is 1.73. The van der Waals surface area contributed by atoms with Gasteiger partial charge in [-0.05, 0) is 18.6 Å². The minimum absolute atomic E-state index is 0.694. The highest BCUT2D eigenvalue weighted by Gasteiger charge is 2.02. The molecule has 0 aromatic carbocycles. The molecular formula is C15H21N5S. The number of hydrogen-bond acceptors (Lipinski definition) is 4. The summed E-state index contributed by atoms with van der Waals surface area (Å²) in [5.74, 6) is 0.789. The molecule has 0 aliphatic rings. The molecule has 0 radical (unpaired) electrons. The third-order valence-corrected chi connectivity index (χ3v) is 4.00. The van der Waals surface area contributed by atoms with Gasteiger partial charge in [-0.25, -0.2) is 4.98 Å². The van der Waals surface area contributed by atoms with Crippen molar-refractivity contribution in [3.63, 3.8) is 0 Å². The van der Waals surface area contributed by atoms with E-state index in [1.54, 1.807) is 18.4 Å². The summed E-state index contributed by atoms with van der Waals surface area (Å²) in [6.07, 6.45) is 3.68. The van der Waals surface area contributed by atoms with Gasteiger partial charge in [0.2, 0.25) is 0 Å². The molecule has 2 rings (SSSR count). The van der Waals surface area contributed by atoms with Crippen LogP contribution in [-0.2, 0) is 19.4 Å². The van der Waals surface area contributed by atoms with Gasteiger partial charge in [0.25, 0.3) is 0 Å². The second kappa shape index (κ2) is 8.36. The molecule has 0 bridgehead atoms. The van der Waals surface area contributed by atoms with E-state index in [4.69, 9.17) is 0 Å². The molecule has 0 aliphatic heterocycles. The van der Waals surface area contributed by atoms with E-state index in [-0.39, 0.29) is 0 Å². The molecule has 112 valence electrons. The van der Waals surface area contributed by atoms with Gasteiger partial charge in [0.1, 0.15) is 0 Å². The zero-order valence-corrected chi connectivity index (χ0v) is 13.3. The Kier molecular flexibility index (Phi) is 6.15. The molecule has 2 aromatic rings. The van der Waals surface area contributed by atoms with Crippen LogP contribution in [0.1, 0.15) is 23.3 Å². The van der Waals surface area contributed by atoms with E-state index in [0.717, 1.165) is 36.7 Å². The van der Waals surface area contributed by atoms with Crippen LogP contribution >= 0.6 is 11.3 Å². The number of guanidine groups is 1. The van der Waals surface area contributed by atoms with Gasteiger partial charge < -0.3 is 10.6 Å². The zero-order chi connectivity index (χ0) is 14.9. The summed E-state index contributed by atoms with van der Waals surface area (Å²) in [6.45, 7) is 3.61. The summed E-state index contributed by atoms with van der Waals surface area (Å²) < 4.78 is 0. The molecule has 6 heteroatoms. The summed E-state index contributed by atoms with van der Waals surface area (Å²) in [6, 6.07) is 5.96. The second-order valence-corrected chi connectivity index (χ2v) is 5.45. The number of aryl methyl sites for hydroxylation is 1. The van der Waals surface area contributed by atoms with Crippen LogP contribution in [0.2, 0.25) is 0 Å². The number of aromatic nitrogens is 2. The van der Waals surface area contributed by atoms with Crippen molar-refractivity contribution in [2.45, 2.75) is 26.3 Å². The van der Waals surface area contributed by atoms with Gasteiger partial charge in [0, 0.05) is 37.3 Å². The number of aliphatic imine (C=N–C) groups is 1. The highest BCUT2D eigenvalue weighted by atomic mass is 32.1. The Morgan fingerprint density at radius 1 is 1.29 bits per heavy atom. The number of nitrogens with one attached hydrogen (secondary N) is 2. The first-order valence-corrected chi connectivity index (χ1v) is 7.97. The Hall–Kier alpha value is -1.95. The van der Waals surface area contributed by atoms with Gasteiger partial charge in [-0.3, -0.25) is 9.98 Å². The summed E-state index contributed by atoms with van der Waals surface area (Å²) in [4.78, 5) is 13.0. The number of nitrogens with zero attached hydrogens (tertiary/aromatic N) is 3. The lowest BCUT2D eigenvalue weighted by molar-refractivity contribution is 0.775. The zero-order valence-electron chi connectivity index (χ0n) is 12.5. The van der Waals surface area contributed by atoms with Crippen molar-refractivity contribution < 1.29 is 0 Å². The SMILES string of the molecule is CCc1nc(CNC(=NC)NCCc2ccccn2)cs1. The molecule has 21 heavy (non-hydrogen) atoms. The van der Waals surface area contributed by atoms with Crippen LogP contribution in [0, 0.1) is 0 Å². The van der Waals surface area contributed by atoms with Crippen molar-refractivity contribution in [2.24, 2.45) is 4.99 Å². The van der Waals surface area contributed by atoms with Gasteiger partial charge in [-0.2, -0.15) is 0 Å². The number of thiazole rings is 1. The lowest BCUT2D eigenvalue weighted by Crippen LogP contribution is -2.38. The van der Waals surface area contributed by atoms with Crippen molar-refractivity contribution >= 4 is 17.3 Å². The fourth-order valence-electron chi connectivity index (χ4n) is 1.84. The molecule has 5 nitrogen and oxygen atoms in total. The third kappa shape index (κ3) is 5.15. The summed E-state index contributed by atoms with van der Waals surface area (Å²) >= 11 is 1.70. The van der Waals surface area contributed by atoms with Gasteiger partial charge in [0.05, 0.1) is 17.2 Å². The largest absolute Gasteiger partial charge is 0.356 e. The second-order valence-electron chi connectivity index (χ2n) is 4.51. The fourth-order valence-corrected chi connectivity index (χ4v) is 2.59. The average Bonchev–Trinajstić information content (AvgIpc) is 3.00. The predicted molar refractivity (Wildman–Crippen MR) is 87.6 cm³/mol. The van der Waals surface area contributed by atoms with Crippen molar-refractivity contribution in [3.8, 4) is 0 Å². The maximum absolute atomic E-state index is 4.53. The highest BCUT2D eigenvalue weighted by Crippen LogP contribution is 2.09. The van der Waals surface area contributed by atoms with E-state index in [0.29, 0.717) is 6.54 Å². The minimum atomic E-state index is 0.694. The Labute approximate surface area is 129 Å². The molecule has 0 aliphatic carbocycles. The lowest BCUT2D eigenvalue weighted by Gasteiger charge is -2.10. The van der Waals surface area contributed by atoms with Crippen LogP contribution in [0.5, 0.6) is 0 Å². The van der Waals surface area contributed by atoms with Gasteiger partial charge in [0.15, 0.2) is 5.96 Å². The van der Waals surface area contributed by atoms with Crippen LogP contribution in [0.15, 0.2) is 34.8 Å². The smallest absolute Gasteiger partial charge is 0.191 e. The van der Waals surface area contributed by atoms with Crippen LogP contribution in [0.3, 0.4) is 0 Å². The van der Waals surface area contributed by atoms with Crippen molar-refractivity contribution in [2.75, 3.05) is 13.6 Å². The van der Waals surface area contributed by atoms with Crippen LogP contribution in [0.4, 0.5) is 0 Å². The third-order valence-electron chi connectivity index (χ3n) is 2.96. The molecule has 0 spiro atoms. The highest BCUT2D eigenvalue weighted by molar-refractivity contribution is 7.09. The van der Waals surface area contributed by atoms with Crippen LogP contribution in [0.25, 0.3) is 0 Å². The Bertz CT molecular complexity index is 564. The first-order valence-electron chi connectivity index (χ1n) is 7.09. The lowest BCUT2D eigenvalue weighted by atomic mass is 10.3. The van der Waals surface area contributed by atoms with Crippen molar-refractivity contribution in [1.29, 1.82) is 0 Å². The molecule has 0 saturated carbocycles. The van der Waals surface area contributed by atoms with Gasteiger partial charge in [-0.15, -0.1) is 11.3 Å². The van der Waals surface area contributed by atoms with Crippen LogP contribution in [-0.4, -0.2) is 29.5 Å². The van der Waals surface area contributed by atoms with E-state index in [9.17, 15) is 0 Å². The quantitative estimate of drug-likeness (QED) is 0.633. The molecular weight excluding hydrogens is 282 g/mol.